The lowest BCUT2D eigenvalue weighted by Gasteiger charge is -2.37. The highest BCUT2D eigenvalue weighted by Gasteiger charge is 2.30. The molecule has 0 aromatic heterocycles. The standard InChI is InChI=1S/C23H30N2O/c1-17-9-11-20(12-10-17)23(26)24-21-15-13-19(14-16-21)22(25(2)3)18-7-5-4-6-8-18/h4-12,19,21-22H,13-16H2,1-3H3,(H,24,26). The fourth-order valence-electron chi connectivity index (χ4n) is 4.20. The molecule has 1 aliphatic rings. The Morgan fingerprint density at radius 3 is 2.15 bits per heavy atom. The Bertz CT molecular complexity index is 701. The van der Waals surface area contributed by atoms with E-state index in [9.17, 15) is 4.79 Å². The molecule has 3 nitrogen and oxygen atoms in total. The first kappa shape index (κ1) is 18.7. The zero-order chi connectivity index (χ0) is 18.5. The van der Waals surface area contributed by atoms with Crippen molar-refractivity contribution in [2.45, 2.75) is 44.7 Å². The first-order valence-corrected chi connectivity index (χ1v) is 9.63. The minimum atomic E-state index is 0.0562. The van der Waals surface area contributed by atoms with Gasteiger partial charge in [-0.1, -0.05) is 48.0 Å². The molecule has 3 heteroatoms. The van der Waals surface area contributed by atoms with Crippen molar-refractivity contribution in [2.75, 3.05) is 14.1 Å². The van der Waals surface area contributed by atoms with Crippen LogP contribution in [0.15, 0.2) is 54.6 Å². The Morgan fingerprint density at radius 2 is 1.58 bits per heavy atom. The van der Waals surface area contributed by atoms with E-state index in [4.69, 9.17) is 0 Å². The van der Waals surface area contributed by atoms with Gasteiger partial charge in [-0.15, -0.1) is 0 Å². The Morgan fingerprint density at radius 1 is 0.962 bits per heavy atom. The summed E-state index contributed by atoms with van der Waals surface area (Å²) in [6.07, 6.45) is 4.41. The molecule has 138 valence electrons. The summed E-state index contributed by atoms with van der Waals surface area (Å²) in [6, 6.07) is 19.3. The van der Waals surface area contributed by atoms with Crippen molar-refractivity contribution in [3.05, 3.63) is 71.3 Å². The van der Waals surface area contributed by atoms with Crippen LogP contribution in [0.1, 0.15) is 53.2 Å². The Labute approximate surface area is 157 Å². The maximum atomic E-state index is 12.4. The average molecular weight is 351 g/mol. The highest BCUT2D eigenvalue weighted by molar-refractivity contribution is 5.94. The summed E-state index contributed by atoms with van der Waals surface area (Å²) in [5, 5.41) is 3.23. The minimum absolute atomic E-state index is 0.0562. The van der Waals surface area contributed by atoms with Crippen LogP contribution >= 0.6 is 0 Å². The third-order valence-electron chi connectivity index (χ3n) is 5.56. The van der Waals surface area contributed by atoms with Gasteiger partial charge in [0, 0.05) is 17.6 Å². The second-order valence-corrected chi connectivity index (χ2v) is 7.77. The Balaban J connectivity index is 1.58. The van der Waals surface area contributed by atoms with Crippen molar-refractivity contribution in [1.82, 2.24) is 10.2 Å². The zero-order valence-electron chi connectivity index (χ0n) is 16.1. The summed E-state index contributed by atoms with van der Waals surface area (Å²) in [6.45, 7) is 2.04. The molecule has 0 aliphatic heterocycles. The normalized spacial score (nSPS) is 21.4. The summed E-state index contributed by atoms with van der Waals surface area (Å²) < 4.78 is 0. The molecule has 1 N–H and O–H groups in total. The molecular formula is C23H30N2O. The maximum Gasteiger partial charge on any atom is 0.251 e. The molecule has 0 bridgehead atoms. The minimum Gasteiger partial charge on any atom is -0.349 e. The molecule has 1 fully saturated rings. The summed E-state index contributed by atoms with van der Waals surface area (Å²) in [4.78, 5) is 14.8. The molecule has 1 aliphatic carbocycles. The topological polar surface area (TPSA) is 32.3 Å². The van der Waals surface area contributed by atoms with Gasteiger partial charge in [0.1, 0.15) is 0 Å². The lowest BCUT2D eigenvalue weighted by atomic mass is 9.78. The van der Waals surface area contributed by atoms with Crippen molar-refractivity contribution in [1.29, 1.82) is 0 Å². The van der Waals surface area contributed by atoms with Gasteiger partial charge >= 0.3 is 0 Å². The summed E-state index contributed by atoms with van der Waals surface area (Å²) >= 11 is 0. The molecule has 1 amide bonds. The zero-order valence-corrected chi connectivity index (χ0v) is 16.1. The highest BCUT2D eigenvalue weighted by atomic mass is 16.1. The summed E-state index contributed by atoms with van der Waals surface area (Å²) in [5.41, 5.74) is 3.33. The first-order chi connectivity index (χ1) is 12.5. The van der Waals surface area contributed by atoms with Crippen molar-refractivity contribution in [3.8, 4) is 0 Å². The van der Waals surface area contributed by atoms with E-state index in [0.717, 1.165) is 31.2 Å². The van der Waals surface area contributed by atoms with Crippen LogP contribution in [0.2, 0.25) is 0 Å². The van der Waals surface area contributed by atoms with Gasteiger partial charge in [-0.05, 0) is 70.3 Å². The van der Waals surface area contributed by atoms with Crippen molar-refractivity contribution in [2.24, 2.45) is 5.92 Å². The van der Waals surface area contributed by atoms with E-state index in [-0.39, 0.29) is 5.91 Å². The number of hydrogen-bond acceptors (Lipinski definition) is 2. The third kappa shape index (κ3) is 4.53. The van der Waals surface area contributed by atoms with Crippen molar-refractivity contribution < 1.29 is 4.79 Å². The summed E-state index contributed by atoms with van der Waals surface area (Å²) in [5.74, 6) is 0.695. The van der Waals surface area contributed by atoms with Gasteiger partial charge in [0.2, 0.25) is 0 Å². The number of rotatable bonds is 5. The van der Waals surface area contributed by atoms with Crippen LogP contribution < -0.4 is 5.32 Å². The lowest BCUT2D eigenvalue weighted by molar-refractivity contribution is 0.0907. The fourth-order valence-corrected chi connectivity index (χ4v) is 4.20. The number of nitrogens with zero attached hydrogens (tertiary/aromatic N) is 1. The fraction of sp³-hybridized carbons (Fsp3) is 0.435. The third-order valence-corrected chi connectivity index (χ3v) is 5.56. The number of carbonyl (C=O) groups is 1. The smallest absolute Gasteiger partial charge is 0.251 e. The maximum absolute atomic E-state index is 12.4. The van der Waals surface area contributed by atoms with Gasteiger partial charge in [0.05, 0.1) is 0 Å². The number of aryl methyl sites for hydroxylation is 1. The molecule has 0 spiro atoms. The van der Waals surface area contributed by atoms with Crippen LogP contribution in [0, 0.1) is 12.8 Å². The van der Waals surface area contributed by atoms with Crippen LogP contribution in [0.25, 0.3) is 0 Å². The van der Waals surface area contributed by atoms with Gasteiger partial charge in [-0.25, -0.2) is 0 Å². The average Bonchev–Trinajstić information content (AvgIpc) is 2.64. The second-order valence-electron chi connectivity index (χ2n) is 7.77. The van der Waals surface area contributed by atoms with E-state index in [0.29, 0.717) is 18.0 Å². The van der Waals surface area contributed by atoms with Crippen LogP contribution in [-0.4, -0.2) is 30.9 Å². The molecule has 1 unspecified atom stereocenters. The molecule has 3 rings (SSSR count). The van der Waals surface area contributed by atoms with Crippen LogP contribution in [0.5, 0.6) is 0 Å². The lowest BCUT2D eigenvalue weighted by Crippen LogP contribution is -2.39. The molecular weight excluding hydrogens is 320 g/mol. The molecule has 1 atom stereocenters. The van der Waals surface area contributed by atoms with Crippen LogP contribution in [0.3, 0.4) is 0 Å². The monoisotopic (exact) mass is 350 g/mol. The molecule has 2 aromatic rings. The Hall–Kier alpha value is -2.13. The van der Waals surface area contributed by atoms with Gasteiger partial charge < -0.3 is 10.2 Å². The van der Waals surface area contributed by atoms with E-state index in [1.54, 1.807) is 0 Å². The molecule has 1 saturated carbocycles. The van der Waals surface area contributed by atoms with Crippen LogP contribution in [0.4, 0.5) is 0 Å². The quantitative estimate of drug-likeness (QED) is 0.855. The number of amides is 1. The number of hydrogen-bond donors (Lipinski definition) is 1. The van der Waals surface area contributed by atoms with Crippen molar-refractivity contribution >= 4 is 5.91 Å². The van der Waals surface area contributed by atoms with E-state index in [1.165, 1.54) is 11.1 Å². The van der Waals surface area contributed by atoms with Gasteiger partial charge in [0.15, 0.2) is 0 Å². The highest BCUT2D eigenvalue weighted by Crippen LogP contribution is 2.37. The molecule has 0 saturated heterocycles. The molecule has 0 radical (unpaired) electrons. The molecule has 26 heavy (non-hydrogen) atoms. The number of nitrogens with one attached hydrogen (secondary N) is 1. The van der Waals surface area contributed by atoms with E-state index >= 15 is 0 Å². The molecule has 0 heterocycles. The Kier molecular flexibility index (Phi) is 6.10. The van der Waals surface area contributed by atoms with Crippen LogP contribution in [-0.2, 0) is 0 Å². The van der Waals surface area contributed by atoms with Gasteiger partial charge in [0.25, 0.3) is 5.91 Å². The largest absolute Gasteiger partial charge is 0.349 e. The van der Waals surface area contributed by atoms with Crippen molar-refractivity contribution in [3.63, 3.8) is 0 Å². The van der Waals surface area contributed by atoms with Gasteiger partial charge in [-0.2, -0.15) is 0 Å². The summed E-state index contributed by atoms with van der Waals surface area (Å²) in [7, 11) is 4.34. The predicted molar refractivity (Wildman–Crippen MR) is 107 cm³/mol. The predicted octanol–water partition coefficient (Wildman–Crippen LogP) is 4.59. The number of carbonyl (C=O) groups excluding carboxylic acids is 1. The van der Waals surface area contributed by atoms with E-state index < -0.39 is 0 Å². The second kappa shape index (κ2) is 8.50. The van der Waals surface area contributed by atoms with E-state index in [2.05, 4.69) is 54.6 Å². The van der Waals surface area contributed by atoms with Gasteiger partial charge in [-0.3, -0.25) is 4.79 Å². The van der Waals surface area contributed by atoms with E-state index in [1.807, 2.05) is 31.2 Å². The first-order valence-electron chi connectivity index (χ1n) is 9.63. The molecule has 2 aromatic carbocycles. The number of benzene rings is 2. The SMILES string of the molecule is Cc1ccc(C(=O)NC2CCC(C(c3ccccc3)N(C)C)CC2)cc1.